The number of benzene rings is 1. The monoisotopic (exact) mass is 286 g/mol. The topological polar surface area (TPSA) is 29.3 Å². The molecule has 2 atom stereocenters. The first-order valence-corrected chi connectivity index (χ1v) is 7.26. The second-order valence-electron chi connectivity index (χ2n) is 5.20. The largest absolute Gasteiger partial charge is 0.329 e. The molecule has 0 aliphatic carbocycles. The average molecular weight is 287 g/mol. The van der Waals surface area contributed by atoms with Crippen molar-refractivity contribution in [2.24, 2.45) is 11.7 Å². The van der Waals surface area contributed by atoms with Crippen molar-refractivity contribution < 1.29 is 0 Å². The van der Waals surface area contributed by atoms with Crippen molar-refractivity contribution in [1.29, 1.82) is 0 Å². The van der Waals surface area contributed by atoms with E-state index in [0.717, 1.165) is 24.6 Å². The molecule has 18 heavy (non-hydrogen) atoms. The van der Waals surface area contributed by atoms with Gasteiger partial charge in [0.15, 0.2) is 0 Å². The van der Waals surface area contributed by atoms with Crippen molar-refractivity contribution in [2.45, 2.75) is 25.8 Å². The highest BCUT2D eigenvalue weighted by Crippen LogP contribution is 2.29. The smallest absolute Gasteiger partial charge is 0.0471 e. The molecule has 2 unspecified atom stereocenters. The van der Waals surface area contributed by atoms with Gasteiger partial charge >= 0.3 is 0 Å². The summed E-state index contributed by atoms with van der Waals surface area (Å²) in [4.78, 5) is 2.45. The highest BCUT2D eigenvalue weighted by molar-refractivity contribution is 6.34. The molecular formula is C14H20Cl2N2. The number of nitrogens with zero attached hydrogens (tertiary/aromatic N) is 1. The van der Waals surface area contributed by atoms with E-state index in [4.69, 9.17) is 28.9 Å². The van der Waals surface area contributed by atoms with E-state index < -0.39 is 0 Å². The van der Waals surface area contributed by atoms with Crippen LogP contribution in [-0.2, 0) is 0 Å². The normalized spacial score (nSPS) is 23.0. The minimum Gasteiger partial charge on any atom is -0.329 e. The maximum atomic E-state index is 6.07. The lowest BCUT2D eigenvalue weighted by Gasteiger charge is -2.37. The third kappa shape index (κ3) is 3.39. The molecule has 1 aromatic carbocycles. The van der Waals surface area contributed by atoms with Gasteiger partial charge in [-0.1, -0.05) is 30.1 Å². The van der Waals surface area contributed by atoms with Gasteiger partial charge < -0.3 is 5.73 Å². The van der Waals surface area contributed by atoms with Crippen molar-refractivity contribution in [3.05, 3.63) is 33.8 Å². The Bertz CT molecular complexity index is 389. The SMILES string of the molecule is CC1CCCN(C(CN)c2cc(Cl)cc(Cl)c2)C1. The van der Waals surface area contributed by atoms with E-state index in [1.165, 1.54) is 12.8 Å². The fourth-order valence-corrected chi connectivity index (χ4v) is 3.32. The fraction of sp³-hybridized carbons (Fsp3) is 0.571. The molecule has 4 heteroatoms. The van der Waals surface area contributed by atoms with E-state index in [-0.39, 0.29) is 6.04 Å². The van der Waals surface area contributed by atoms with E-state index in [1.807, 2.05) is 12.1 Å². The third-order valence-corrected chi connectivity index (χ3v) is 4.06. The molecule has 1 heterocycles. The Morgan fingerprint density at radius 2 is 2.00 bits per heavy atom. The Balaban J connectivity index is 2.21. The third-order valence-electron chi connectivity index (χ3n) is 3.62. The number of piperidine rings is 1. The number of halogens is 2. The van der Waals surface area contributed by atoms with E-state index in [9.17, 15) is 0 Å². The van der Waals surface area contributed by atoms with E-state index >= 15 is 0 Å². The Hall–Kier alpha value is -0.280. The van der Waals surface area contributed by atoms with E-state index in [1.54, 1.807) is 6.07 Å². The lowest BCUT2D eigenvalue weighted by Crippen LogP contribution is -2.40. The summed E-state index contributed by atoms with van der Waals surface area (Å²) < 4.78 is 0. The molecule has 1 fully saturated rings. The zero-order valence-corrected chi connectivity index (χ0v) is 12.2. The number of nitrogens with two attached hydrogens (primary N) is 1. The summed E-state index contributed by atoms with van der Waals surface area (Å²) in [5.74, 6) is 0.738. The Morgan fingerprint density at radius 1 is 1.33 bits per heavy atom. The molecule has 2 nitrogen and oxygen atoms in total. The predicted molar refractivity (Wildman–Crippen MR) is 78.2 cm³/mol. The highest BCUT2D eigenvalue weighted by atomic mass is 35.5. The standard InChI is InChI=1S/C14H20Cl2N2/c1-10-3-2-4-18(9-10)14(8-17)11-5-12(15)7-13(16)6-11/h5-7,10,14H,2-4,8-9,17H2,1H3. The average Bonchev–Trinajstić information content (AvgIpc) is 2.28. The molecule has 0 saturated carbocycles. The summed E-state index contributed by atoms with van der Waals surface area (Å²) in [6.07, 6.45) is 2.55. The zero-order valence-electron chi connectivity index (χ0n) is 10.7. The van der Waals surface area contributed by atoms with Crippen LogP contribution in [0.15, 0.2) is 18.2 Å². The van der Waals surface area contributed by atoms with Crippen molar-refractivity contribution in [3.63, 3.8) is 0 Å². The van der Waals surface area contributed by atoms with Gasteiger partial charge in [-0.15, -0.1) is 0 Å². The van der Waals surface area contributed by atoms with Gasteiger partial charge in [0.25, 0.3) is 0 Å². The van der Waals surface area contributed by atoms with Crippen LogP contribution in [0.4, 0.5) is 0 Å². The van der Waals surface area contributed by atoms with Gasteiger partial charge in [-0.05, 0) is 49.1 Å². The molecule has 0 spiro atoms. The summed E-state index contributed by atoms with van der Waals surface area (Å²) in [5.41, 5.74) is 7.08. The Kier molecular flexibility index (Phi) is 4.91. The molecule has 0 bridgehead atoms. The Labute approximate surface area is 119 Å². The summed E-state index contributed by atoms with van der Waals surface area (Å²) in [7, 11) is 0. The quantitative estimate of drug-likeness (QED) is 0.918. The highest BCUT2D eigenvalue weighted by Gasteiger charge is 2.24. The van der Waals surface area contributed by atoms with Crippen LogP contribution in [0.1, 0.15) is 31.4 Å². The molecular weight excluding hydrogens is 267 g/mol. The second kappa shape index (κ2) is 6.25. The Morgan fingerprint density at radius 3 is 2.56 bits per heavy atom. The number of likely N-dealkylation sites (tertiary alicyclic amines) is 1. The van der Waals surface area contributed by atoms with Gasteiger partial charge in [-0.25, -0.2) is 0 Å². The fourth-order valence-electron chi connectivity index (χ4n) is 2.77. The van der Waals surface area contributed by atoms with Crippen LogP contribution >= 0.6 is 23.2 Å². The van der Waals surface area contributed by atoms with E-state index in [2.05, 4.69) is 11.8 Å². The van der Waals surface area contributed by atoms with Crippen LogP contribution in [0.5, 0.6) is 0 Å². The van der Waals surface area contributed by atoms with Gasteiger partial charge in [0.1, 0.15) is 0 Å². The molecule has 2 rings (SSSR count). The summed E-state index contributed by atoms with van der Waals surface area (Å²) in [6.45, 7) is 5.11. The molecule has 0 radical (unpaired) electrons. The maximum Gasteiger partial charge on any atom is 0.0471 e. The van der Waals surface area contributed by atoms with E-state index in [0.29, 0.717) is 16.6 Å². The summed E-state index contributed by atoms with van der Waals surface area (Å²) >= 11 is 12.1. The van der Waals surface area contributed by atoms with Crippen molar-refractivity contribution in [2.75, 3.05) is 19.6 Å². The second-order valence-corrected chi connectivity index (χ2v) is 6.07. The van der Waals surface area contributed by atoms with Crippen LogP contribution in [-0.4, -0.2) is 24.5 Å². The first-order valence-electron chi connectivity index (χ1n) is 6.50. The maximum absolute atomic E-state index is 6.07. The van der Waals surface area contributed by atoms with Gasteiger partial charge in [-0.2, -0.15) is 0 Å². The van der Waals surface area contributed by atoms with Crippen molar-refractivity contribution in [1.82, 2.24) is 4.90 Å². The van der Waals surface area contributed by atoms with Crippen LogP contribution in [0.25, 0.3) is 0 Å². The van der Waals surface area contributed by atoms with Crippen LogP contribution < -0.4 is 5.73 Å². The minimum atomic E-state index is 0.226. The van der Waals surface area contributed by atoms with Gasteiger partial charge in [0, 0.05) is 29.2 Å². The molecule has 0 amide bonds. The molecule has 1 aliphatic rings. The molecule has 0 aromatic heterocycles. The molecule has 1 aliphatic heterocycles. The molecule has 2 N–H and O–H groups in total. The van der Waals surface area contributed by atoms with Gasteiger partial charge in [0.05, 0.1) is 0 Å². The minimum absolute atomic E-state index is 0.226. The first kappa shape index (κ1) is 14.1. The van der Waals surface area contributed by atoms with Crippen molar-refractivity contribution in [3.8, 4) is 0 Å². The van der Waals surface area contributed by atoms with Crippen LogP contribution in [0.3, 0.4) is 0 Å². The number of hydrogen-bond donors (Lipinski definition) is 1. The van der Waals surface area contributed by atoms with Crippen LogP contribution in [0, 0.1) is 5.92 Å². The van der Waals surface area contributed by atoms with Gasteiger partial charge in [0.2, 0.25) is 0 Å². The summed E-state index contributed by atoms with van der Waals surface area (Å²) in [5, 5.41) is 1.36. The number of rotatable bonds is 3. The zero-order chi connectivity index (χ0) is 13.1. The molecule has 1 saturated heterocycles. The summed E-state index contributed by atoms with van der Waals surface area (Å²) in [6, 6.07) is 5.94. The van der Waals surface area contributed by atoms with Gasteiger partial charge in [-0.3, -0.25) is 4.90 Å². The molecule has 100 valence electrons. The number of hydrogen-bond acceptors (Lipinski definition) is 2. The van der Waals surface area contributed by atoms with Crippen molar-refractivity contribution >= 4 is 23.2 Å². The van der Waals surface area contributed by atoms with Crippen LogP contribution in [0.2, 0.25) is 10.0 Å². The first-order chi connectivity index (χ1) is 8.60. The predicted octanol–water partition coefficient (Wildman–Crippen LogP) is 3.73. The molecule has 1 aromatic rings. The lowest BCUT2D eigenvalue weighted by atomic mass is 9.96. The lowest BCUT2D eigenvalue weighted by molar-refractivity contribution is 0.133.